The third kappa shape index (κ3) is 4.48. The van der Waals surface area contributed by atoms with Crippen LogP contribution in [0.15, 0.2) is 17.3 Å². The lowest BCUT2D eigenvalue weighted by molar-refractivity contribution is -0.137. The van der Waals surface area contributed by atoms with E-state index >= 15 is 0 Å². The third-order valence-electron chi connectivity index (χ3n) is 4.28. The van der Waals surface area contributed by atoms with Gasteiger partial charge in [0.25, 0.3) is 0 Å². The molecule has 0 aliphatic carbocycles. The highest BCUT2D eigenvalue weighted by Gasteiger charge is 2.33. The Kier molecular flexibility index (Phi) is 6.04. The summed E-state index contributed by atoms with van der Waals surface area (Å²) in [5.74, 6) is -0.191. The minimum Gasteiger partial charge on any atom is -0.465 e. The van der Waals surface area contributed by atoms with Crippen LogP contribution in [0.25, 0.3) is 0 Å². The number of hydrogen-bond acceptors (Lipinski definition) is 6. The Labute approximate surface area is 174 Å². The van der Waals surface area contributed by atoms with Crippen molar-refractivity contribution in [1.29, 1.82) is 0 Å². The van der Waals surface area contributed by atoms with Crippen LogP contribution in [0.1, 0.15) is 26.4 Å². The van der Waals surface area contributed by atoms with Gasteiger partial charge in [-0.3, -0.25) is 0 Å². The summed E-state index contributed by atoms with van der Waals surface area (Å²) in [6.45, 7) is 0.808. The number of nitrogens with zero attached hydrogens (tertiary/aromatic N) is 4. The number of esters is 1. The number of ether oxygens (including phenoxy) is 1. The fraction of sp³-hybridized carbons (Fsp3) is 0.389. The average Bonchev–Trinajstić information content (AvgIpc) is 3.02. The molecular formula is C18H18ClF3N4O2S. The monoisotopic (exact) mass is 446 g/mol. The van der Waals surface area contributed by atoms with Crippen LogP contribution in [0.2, 0.25) is 5.02 Å². The van der Waals surface area contributed by atoms with E-state index in [1.165, 1.54) is 18.4 Å². The molecule has 0 N–H and O–H groups in total. The second kappa shape index (κ2) is 8.19. The molecule has 0 amide bonds. The number of halogens is 4. The summed E-state index contributed by atoms with van der Waals surface area (Å²) < 4.78 is 43.5. The molecule has 2 aromatic rings. The van der Waals surface area contributed by atoms with E-state index in [0.29, 0.717) is 30.1 Å². The van der Waals surface area contributed by atoms with Crippen molar-refractivity contribution in [1.82, 2.24) is 9.88 Å². The highest BCUT2D eigenvalue weighted by Crippen LogP contribution is 2.41. The van der Waals surface area contributed by atoms with Gasteiger partial charge < -0.3 is 14.5 Å². The maximum Gasteiger partial charge on any atom is 0.417 e. The zero-order chi connectivity index (χ0) is 21.3. The number of alkyl halides is 3. The number of hydrogen-bond donors (Lipinski definition) is 0. The topological polar surface area (TPSA) is 58.0 Å². The standard InChI is InChI=1S/C18H18ClF3N4O2S/c1-25(2)9-24-16-14(17(27)28-3)11-4-5-26(8-13(11)29-16)15-12(19)6-10(7-23-15)18(20,21)22/h6-7,9H,4-5,8H2,1-3H3/b24-9+. The molecule has 0 atom stereocenters. The molecule has 11 heteroatoms. The van der Waals surface area contributed by atoms with Crippen LogP contribution in [-0.2, 0) is 23.9 Å². The molecular weight excluding hydrogens is 429 g/mol. The van der Waals surface area contributed by atoms with Crippen LogP contribution in [0, 0.1) is 0 Å². The molecule has 0 radical (unpaired) electrons. The zero-order valence-corrected chi connectivity index (χ0v) is 17.5. The predicted octanol–water partition coefficient (Wildman–Crippen LogP) is 4.39. The van der Waals surface area contributed by atoms with Crippen molar-refractivity contribution in [3.63, 3.8) is 0 Å². The summed E-state index contributed by atoms with van der Waals surface area (Å²) in [7, 11) is 4.94. The number of aliphatic imine (C=N–C) groups is 1. The number of anilines is 1. The average molecular weight is 447 g/mol. The smallest absolute Gasteiger partial charge is 0.417 e. The number of pyridine rings is 1. The molecule has 0 spiro atoms. The maximum absolute atomic E-state index is 12.9. The number of carbonyl (C=O) groups is 1. The van der Waals surface area contributed by atoms with E-state index in [1.54, 1.807) is 16.1 Å². The zero-order valence-electron chi connectivity index (χ0n) is 15.9. The normalized spacial score (nSPS) is 14.2. The van der Waals surface area contributed by atoms with Crippen LogP contribution in [-0.4, -0.2) is 49.9 Å². The van der Waals surface area contributed by atoms with Gasteiger partial charge in [0.1, 0.15) is 10.8 Å². The largest absolute Gasteiger partial charge is 0.465 e. The maximum atomic E-state index is 12.9. The van der Waals surface area contributed by atoms with Crippen LogP contribution in [0.5, 0.6) is 0 Å². The van der Waals surface area contributed by atoms with Gasteiger partial charge >= 0.3 is 12.1 Å². The van der Waals surface area contributed by atoms with Crippen LogP contribution < -0.4 is 4.90 Å². The lowest BCUT2D eigenvalue weighted by Crippen LogP contribution is -2.31. The van der Waals surface area contributed by atoms with Gasteiger partial charge in [-0.15, -0.1) is 11.3 Å². The molecule has 1 aliphatic rings. The van der Waals surface area contributed by atoms with Gasteiger partial charge in [-0.1, -0.05) is 11.6 Å². The van der Waals surface area contributed by atoms with Crippen LogP contribution >= 0.6 is 22.9 Å². The molecule has 29 heavy (non-hydrogen) atoms. The lowest BCUT2D eigenvalue weighted by atomic mass is 10.0. The molecule has 2 aromatic heterocycles. The van der Waals surface area contributed by atoms with Gasteiger partial charge in [-0.2, -0.15) is 13.2 Å². The van der Waals surface area contributed by atoms with Crippen molar-refractivity contribution in [2.75, 3.05) is 32.6 Å². The second-order valence-electron chi connectivity index (χ2n) is 6.58. The summed E-state index contributed by atoms with van der Waals surface area (Å²) in [5, 5.41) is 0.461. The summed E-state index contributed by atoms with van der Waals surface area (Å²) >= 11 is 7.43. The number of fused-ring (bicyclic) bond motifs is 1. The van der Waals surface area contributed by atoms with E-state index < -0.39 is 17.7 Å². The molecule has 156 valence electrons. The molecule has 0 fully saturated rings. The van der Waals surface area contributed by atoms with E-state index in [2.05, 4.69) is 9.98 Å². The molecule has 6 nitrogen and oxygen atoms in total. The first kappa shape index (κ1) is 21.4. The van der Waals surface area contributed by atoms with Crippen LogP contribution in [0.3, 0.4) is 0 Å². The SMILES string of the molecule is COC(=O)c1c(/N=C/N(C)C)sc2c1CCN(c1ncc(C(F)(F)F)cc1Cl)C2. The van der Waals surface area contributed by atoms with Crippen molar-refractivity contribution in [2.24, 2.45) is 4.99 Å². The van der Waals surface area contributed by atoms with Crippen molar-refractivity contribution in [3.05, 3.63) is 38.9 Å². The first-order valence-corrected chi connectivity index (χ1v) is 9.72. The Morgan fingerprint density at radius 3 is 2.76 bits per heavy atom. The molecule has 0 bridgehead atoms. The molecule has 0 saturated heterocycles. The first-order chi connectivity index (χ1) is 13.6. The highest BCUT2D eigenvalue weighted by molar-refractivity contribution is 7.16. The predicted molar refractivity (Wildman–Crippen MR) is 107 cm³/mol. The quantitative estimate of drug-likeness (QED) is 0.396. The van der Waals surface area contributed by atoms with Crippen LogP contribution in [0.4, 0.5) is 24.0 Å². The van der Waals surface area contributed by atoms with E-state index in [4.69, 9.17) is 16.3 Å². The Bertz CT molecular complexity index is 959. The van der Waals surface area contributed by atoms with Crippen molar-refractivity contribution >= 4 is 46.1 Å². The molecule has 3 rings (SSSR count). The molecule has 3 heterocycles. The molecule has 1 aliphatic heterocycles. The lowest BCUT2D eigenvalue weighted by Gasteiger charge is -2.29. The first-order valence-electron chi connectivity index (χ1n) is 8.53. The summed E-state index contributed by atoms with van der Waals surface area (Å²) in [5.41, 5.74) is 0.372. The van der Waals surface area contributed by atoms with Crippen molar-refractivity contribution in [2.45, 2.75) is 19.1 Å². The summed E-state index contributed by atoms with van der Waals surface area (Å²) in [6, 6.07) is 0.876. The van der Waals surface area contributed by atoms with E-state index in [-0.39, 0.29) is 10.8 Å². The fourth-order valence-electron chi connectivity index (χ4n) is 2.96. The molecule has 0 saturated carbocycles. The van der Waals surface area contributed by atoms with E-state index in [0.717, 1.165) is 22.7 Å². The summed E-state index contributed by atoms with van der Waals surface area (Å²) in [6.07, 6.45) is -1.65. The highest BCUT2D eigenvalue weighted by atomic mass is 35.5. The Morgan fingerprint density at radius 1 is 1.45 bits per heavy atom. The van der Waals surface area contributed by atoms with Crippen molar-refractivity contribution < 1.29 is 22.7 Å². The van der Waals surface area contributed by atoms with Gasteiger partial charge in [0, 0.05) is 31.7 Å². The van der Waals surface area contributed by atoms with Gasteiger partial charge in [0.05, 0.1) is 36.1 Å². The molecule has 0 unspecified atom stereocenters. The minimum atomic E-state index is -4.51. The Hall–Kier alpha value is -2.33. The molecule has 0 aromatic carbocycles. The number of thiophene rings is 1. The van der Waals surface area contributed by atoms with Gasteiger partial charge in [-0.25, -0.2) is 14.8 Å². The summed E-state index contributed by atoms with van der Waals surface area (Å²) in [4.78, 5) is 25.0. The number of carbonyl (C=O) groups excluding carboxylic acids is 1. The Balaban J connectivity index is 1.94. The number of aromatic nitrogens is 1. The van der Waals surface area contributed by atoms with Gasteiger partial charge in [-0.05, 0) is 18.1 Å². The Morgan fingerprint density at radius 2 is 2.17 bits per heavy atom. The fourth-order valence-corrected chi connectivity index (χ4v) is 4.44. The van der Waals surface area contributed by atoms with Gasteiger partial charge in [0.2, 0.25) is 0 Å². The van der Waals surface area contributed by atoms with Gasteiger partial charge in [0.15, 0.2) is 0 Å². The van der Waals surface area contributed by atoms with E-state index in [1.807, 2.05) is 14.1 Å². The second-order valence-corrected chi connectivity index (χ2v) is 8.07. The number of methoxy groups -OCH3 is 1. The van der Waals surface area contributed by atoms with E-state index in [9.17, 15) is 18.0 Å². The number of rotatable bonds is 4. The van der Waals surface area contributed by atoms with Crippen molar-refractivity contribution in [3.8, 4) is 0 Å². The third-order valence-corrected chi connectivity index (χ3v) is 5.69. The minimum absolute atomic E-state index is 0.0705.